The van der Waals surface area contributed by atoms with Crippen molar-refractivity contribution in [2.75, 3.05) is 18.4 Å². The Labute approximate surface area is 128 Å². The van der Waals surface area contributed by atoms with Crippen LogP contribution in [0, 0.1) is 0 Å². The summed E-state index contributed by atoms with van der Waals surface area (Å²) in [5.74, 6) is 1.14. The second-order valence-electron chi connectivity index (χ2n) is 5.44. The van der Waals surface area contributed by atoms with Gasteiger partial charge in [-0.2, -0.15) is 8.78 Å². The summed E-state index contributed by atoms with van der Waals surface area (Å²) in [5, 5.41) is 5.82. The molecule has 1 saturated carbocycles. The van der Waals surface area contributed by atoms with Crippen molar-refractivity contribution in [1.82, 2.24) is 15.3 Å². The van der Waals surface area contributed by atoms with Gasteiger partial charge in [0, 0.05) is 18.9 Å². The molecule has 1 saturated heterocycles. The van der Waals surface area contributed by atoms with Crippen LogP contribution in [0.3, 0.4) is 0 Å². The number of halogens is 3. The van der Waals surface area contributed by atoms with Crippen LogP contribution in [0.15, 0.2) is 12.4 Å². The lowest BCUT2D eigenvalue weighted by molar-refractivity contribution is -0.278. The minimum absolute atomic E-state index is 0. The van der Waals surface area contributed by atoms with Crippen molar-refractivity contribution in [2.24, 2.45) is 0 Å². The van der Waals surface area contributed by atoms with Gasteiger partial charge >= 0.3 is 6.11 Å². The first-order chi connectivity index (χ1) is 9.53. The molecule has 3 rings (SSSR count). The third-order valence-corrected chi connectivity index (χ3v) is 3.70. The Morgan fingerprint density at radius 3 is 2.62 bits per heavy atom. The lowest BCUT2D eigenvalue weighted by Crippen LogP contribution is -2.57. The smallest absolute Gasteiger partial charge is 0.353 e. The molecule has 8 heteroatoms. The first kappa shape index (κ1) is 16.3. The quantitative estimate of drug-likeness (QED) is 0.890. The summed E-state index contributed by atoms with van der Waals surface area (Å²) in [7, 11) is 0. The van der Waals surface area contributed by atoms with Crippen molar-refractivity contribution in [3.05, 3.63) is 18.0 Å². The number of ether oxygens (including phenoxy) is 1. The van der Waals surface area contributed by atoms with Crippen molar-refractivity contribution in [2.45, 2.75) is 43.9 Å². The zero-order chi connectivity index (χ0) is 14.2. The van der Waals surface area contributed by atoms with E-state index in [1.54, 1.807) is 6.92 Å². The molecule has 2 fully saturated rings. The van der Waals surface area contributed by atoms with Gasteiger partial charge in [0.2, 0.25) is 5.95 Å². The molecule has 1 aliphatic carbocycles. The fourth-order valence-electron chi connectivity index (χ4n) is 2.31. The van der Waals surface area contributed by atoms with Crippen molar-refractivity contribution in [3.63, 3.8) is 0 Å². The maximum Gasteiger partial charge on any atom is 0.368 e. The van der Waals surface area contributed by atoms with Gasteiger partial charge in [-0.15, -0.1) is 12.4 Å². The van der Waals surface area contributed by atoms with Gasteiger partial charge < -0.3 is 15.4 Å². The number of morpholine rings is 1. The molecule has 5 nitrogen and oxygen atoms in total. The average Bonchev–Trinajstić information content (AvgIpc) is 3.22. The Morgan fingerprint density at radius 2 is 2.05 bits per heavy atom. The third kappa shape index (κ3) is 4.21. The topological polar surface area (TPSA) is 59.1 Å². The molecule has 2 heterocycles. The van der Waals surface area contributed by atoms with Gasteiger partial charge in [0.05, 0.1) is 18.7 Å². The van der Waals surface area contributed by atoms with E-state index in [1.807, 2.05) is 12.4 Å². The van der Waals surface area contributed by atoms with Crippen LogP contribution in [0.1, 0.15) is 31.2 Å². The van der Waals surface area contributed by atoms with Gasteiger partial charge in [0.1, 0.15) is 0 Å². The molecule has 118 valence electrons. The van der Waals surface area contributed by atoms with Crippen LogP contribution in [-0.2, 0) is 4.74 Å². The van der Waals surface area contributed by atoms with Gasteiger partial charge in [-0.3, -0.25) is 0 Å². The Hall–Kier alpha value is -1.05. The number of hydrogen-bond acceptors (Lipinski definition) is 5. The summed E-state index contributed by atoms with van der Waals surface area (Å²) in [6, 6.07) is -0.193. The first-order valence-electron chi connectivity index (χ1n) is 6.88. The minimum Gasteiger partial charge on any atom is -0.353 e. The van der Waals surface area contributed by atoms with Crippen LogP contribution in [0.4, 0.5) is 14.7 Å². The zero-order valence-electron chi connectivity index (χ0n) is 11.7. The van der Waals surface area contributed by atoms with E-state index in [-0.39, 0.29) is 18.4 Å². The highest BCUT2D eigenvalue weighted by Crippen LogP contribution is 2.39. The van der Waals surface area contributed by atoms with Crippen LogP contribution in [0.2, 0.25) is 0 Å². The highest BCUT2D eigenvalue weighted by Gasteiger charge is 2.40. The molecule has 0 spiro atoms. The molecule has 2 aliphatic rings. The highest BCUT2D eigenvalue weighted by molar-refractivity contribution is 5.85. The largest absolute Gasteiger partial charge is 0.368 e. The minimum atomic E-state index is -3.08. The highest BCUT2D eigenvalue weighted by atomic mass is 35.5. The van der Waals surface area contributed by atoms with Gasteiger partial charge in [0.25, 0.3) is 0 Å². The lowest BCUT2D eigenvalue weighted by atomic mass is 10.1. The number of alkyl halides is 2. The predicted octanol–water partition coefficient (Wildman–Crippen LogP) is 2.16. The van der Waals surface area contributed by atoms with E-state index < -0.39 is 18.8 Å². The number of anilines is 1. The fraction of sp³-hybridized carbons (Fsp3) is 0.692. The van der Waals surface area contributed by atoms with E-state index in [0.29, 0.717) is 18.4 Å². The summed E-state index contributed by atoms with van der Waals surface area (Å²) >= 11 is 0. The molecule has 0 radical (unpaired) electrons. The van der Waals surface area contributed by atoms with E-state index in [4.69, 9.17) is 0 Å². The third-order valence-electron chi connectivity index (χ3n) is 3.70. The molecule has 0 unspecified atom stereocenters. The first-order valence-corrected chi connectivity index (χ1v) is 6.88. The molecule has 1 aromatic rings. The molecule has 1 aromatic heterocycles. The van der Waals surface area contributed by atoms with E-state index >= 15 is 0 Å². The maximum atomic E-state index is 13.0. The lowest BCUT2D eigenvalue weighted by Gasteiger charge is -2.35. The second kappa shape index (κ2) is 6.37. The molecular formula is C13H19ClF2N4O. The number of nitrogens with one attached hydrogen (secondary N) is 2. The molecule has 0 bridgehead atoms. The molecule has 0 aromatic carbocycles. The van der Waals surface area contributed by atoms with Crippen LogP contribution in [0.25, 0.3) is 0 Å². The SMILES string of the molecule is C[C@@H]1OC(F)(F)CN[C@@H]1CNc1ncc(C2CC2)cn1.Cl. The van der Waals surface area contributed by atoms with Crippen molar-refractivity contribution >= 4 is 18.4 Å². The van der Waals surface area contributed by atoms with E-state index in [2.05, 4.69) is 25.3 Å². The maximum absolute atomic E-state index is 13.0. The Morgan fingerprint density at radius 1 is 1.38 bits per heavy atom. The van der Waals surface area contributed by atoms with E-state index in [0.717, 1.165) is 0 Å². The molecule has 1 aliphatic heterocycles. The van der Waals surface area contributed by atoms with Gasteiger partial charge in [-0.1, -0.05) is 0 Å². The van der Waals surface area contributed by atoms with Crippen LogP contribution >= 0.6 is 12.4 Å². The molecule has 21 heavy (non-hydrogen) atoms. The fourth-order valence-corrected chi connectivity index (χ4v) is 2.31. The standard InChI is InChI=1S/C13H18F2N4O.ClH/c1-8-11(19-7-13(14,15)20-8)6-18-12-16-4-10(5-17-12)9-2-3-9;/h4-5,8-9,11,19H,2-3,6-7H2,1H3,(H,16,17,18);1H/t8-,11+;/m0./s1. The molecule has 2 atom stereocenters. The predicted molar refractivity (Wildman–Crippen MR) is 77.0 cm³/mol. The Balaban J connectivity index is 0.00000161. The number of aromatic nitrogens is 2. The van der Waals surface area contributed by atoms with E-state index in [9.17, 15) is 8.78 Å². The summed E-state index contributed by atoms with van der Waals surface area (Å²) in [4.78, 5) is 8.48. The zero-order valence-corrected chi connectivity index (χ0v) is 12.5. The summed E-state index contributed by atoms with van der Waals surface area (Å²) in [6.07, 6.45) is 2.43. The van der Waals surface area contributed by atoms with Gasteiger partial charge in [0.15, 0.2) is 0 Å². The Bertz CT molecular complexity index is 470. The van der Waals surface area contributed by atoms with E-state index in [1.165, 1.54) is 18.4 Å². The summed E-state index contributed by atoms with van der Waals surface area (Å²) in [6.45, 7) is 1.61. The summed E-state index contributed by atoms with van der Waals surface area (Å²) < 4.78 is 30.6. The monoisotopic (exact) mass is 320 g/mol. The second-order valence-corrected chi connectivity index (χ2v) is 5.44. The van der Waals surface area contributed by atoms with Gasteiger partial charge in [-0.25, -0.2) is 9.97 Å². The number of rotatable bonds is 4. The average molecular weight is 321 g/mol. The van der Waals surface area contributed by atoms with Gasteiger partial charge in [-0.05, 0) is 31.2 Å². The normalized spacial score (nSPS) is 27.8. The van der Waals surface area contributed by atoms with Crippen molar-refractivity contribution < 1.29 is 13.5 Å². The van der Waals surface area contributed by atoms with Crippen molar-refractivity contribution in [3.8, 4) is 0 Å². The van der Waals surface area contributed by atoms with Crippen LogP contribution in [-0.4, -0.2) is 41.3 Å². The Kier molecular flexibility index (Phi) is 4.95. The van der Waals surface area contributed by atoms with Crippen LogP contribution < -0.4 is 10.6 Å². The molecule has 0 amide bonds. The van der Waals surface area contributed by atoms with Crippen molar-refractivity contribution in [1.29, 1.82) is 0 Å². The number of nitrogens with zero attached hydrogens (tertiary/aromatic N) is 2. The van der Waals surface area contributed by atoms with Crippen LogP contribution in [0.5, 0.6) is 0 Å². The molecular weight excluding hydrogens is 302 g/mol. The number of hydrogen-bond donors (Lipinski definition) is 2. The summed E-state index contributed by atoms with van der Waals surface area (Å²) in [5.41, 5.74) is 1.17. The molecule has 2 N–H and O–H groups in total.